The Morgan fingerprint density at radius 2 is 1.78 bits per heavy atom. The molecule has 4 rings (SSSR count). The lowest BCUT2D eigenvalue weighted by molar-refractivity contribution is 0.0691. The van der Waals surface area contributed by atoms with Gasteiger partial charge in [-0.2, -0.15) is 19.6 Å². The minimum absolute atomic E-state index is 0.203. The Labute approximate surface area is 194 Å². The van der Waals surface area contributed by atoms with E-state index in [1.807, 2.05) is 18.5 Å². The van der Waals surface area contributed by atoms with E-state index in [0.717, 1.165) is 15.9 Å². The van der Waals surface area contributed by atoms with Crippen LogP contribution >= 0.6 is 15.9 Å². The summed E-state index contributed by atoms with van der Waals surface area (Å²) in [6, 6.07) is 1.67. The van der Waals surface area contributed by atoms with Crippen LogP contribution in [0.4, 0.5) is 0 Å². The maximum Gasteiger partial charge on any atom is 0.274 e. The molecule has 0 aliphatic carbocycles. The third-order valence-corrected chi connectivity index (χ3v) is 8.91. The quantitative estimate of drug-likeness (QED) is 0.494. The summed E-state index contributed by atoms with van der Waals surface area (Å²) in [5.74, 6) is -0.215. The Bertz CT molecular complexity index is 1270. The lowest BCUT2D eigenvalue weighted by atomic mass is 10.3. The van der Waals surface area contributed by atoms with Gasteiger partial charge in [0, 0.05) is 39.4 Å². The van der Waals surface area contributed by atoms with Crippen LogP contribution in [0.3, 0.4) is 0 Å². The molecule has 11 nitrogen and oxygen atoms in total. The van der Waals surface area contributed by atoms with Crippen molar-refractivity contribution in [2.24, 2.45) is 7.05 Å². The highest BCUT2D eigenvalue weighted by molar-refractivity contribution is 9.10. The minimum atomic E-state index is -3.64. The van der Waals surface area contributed by atoms with Crippen molar-refractivity contribution in [3.05, 3.63) is 45.7 Å². The number of halogens is 1. The smallest absolute Gasteiger partial charge is 0.274 e. The number of hydrogen-bond acceptors (Lipinski definition) is 6. The monoisotopic (exact) mass is 524 g/mol. The van der Waals surface area contributed by atoms with Crippen LogP contribution in [-0.4, -0.2) is 79.1 Å². The van der Waals surface area contributed by atoms with Crippen molar-refractivity contribution >= 4 is 31.9 Å². The van der Waals surface area contributed by atoms with Gasteiger partial charge in [0.15, 0.2) is 0 Å². The van der Waals surface area contributed by atoms with Crippen LogP contribution < -0.4 is 0 Å². The Kier molecular flexibility index (Phi) is 5.98. The normalized spacial score (nSPS) is 15.5. The van der Waals surface area contributed by atoms with E-state index in [-0.39, 0.29) is 23.9 Å². The maximum atomic E-state index is 12.9. The molecule has 0 radical (unpaired) electrons. The molecule has 0 unspecified atom stereocenters. The number of rotatable bonds is 5. The molecule has 3 aromatic heterocycles. The number of sulfonamides is 1. The maximum absolute atomic E-state index is 12.9. The topological polar surface area (TPSA) is 111 Å². The van der Waals surface area contributed by atoms with Crippen LogP contribution in [-0.2, 0) is 23.7 Å². The standard InChI is InChI=1S/C19H25BrN8O3S/c1-13-18(20)15(3)28(22-13)12-26-6-5-16(23-26)19(29)25-7-9-27(10-8-25)32(30,31)17-11-21-24(4)14(17)2/h5-6,11H,7-10,12H2,1-4H3. The van der Waals surface area contributed by atoms with Gasteiger partial charge in [0.1, 0.15) is 17.3 Å². The van der Waals surface area contributed by atoms with Crippen LogP contribution in [0.25, 0.3) is 0 Å². The third kappa shape index (κ3) is 3.99. The number of amides is 1. The zero-order valence-corrected chi connectivity index (χ0v) is 20.8. The number of carbonyl (C=O) groups is 1. The second-order valence-corrected chi connectivity index (χ2v) is 10.5. The van der Waals surface area contributed by atoms with Gasteiger partial charge in [-0.15, -0.1) is 0 Å². The van der Waals surface area contributed by atoms with E-state index in [9.17, 15) is 13.2 Å². The first-order valence-corrected chi connectivity index (χ1v) is 12.3. The molecule has 0 aromatic carbocycles. The number of piperazine rings is 1. The van der Waals surface area contributed by atoms with E-state index < -0.39 is 10.0 Å². The highest BCUT2D eigenvalue weighted by atomic mass is 79.9. The van der Waals surface area contributed by atoms with Gasteiger partial charge < -0.3 is 4.90 Å². The molecule has 172 valence electrons. The summed E-state index contributed by atoms with van der Waals surface area (Å²) < 4.78 is 33.2. The molecule has 13 heteroatoms. The molecule has 0 N–H and O–H groups in total. The van der Waals surface area contributed by atoms with E-state index in [1.54, 1.807) is 35.8 Å². The van der Waals surface area contributed by atoms with Crippen LogP contribution in [0.5, 0.6) is 0 Å². The predicted molar refractivity (Wildman–Crippen MR) is 120 cm³/mol. The van der Waals surface area contributed by atoms with Crippen molar-refractivity contribution in [2.45, 2.75) is 32.3 Å². The van der Waals surface area contributed by atoms with Gasteiger partial charge in [0.05, 0.1) is 27.8 Å². The molecule has 1 aliphatic heterocycles. The average Bonchev–Trinajstić information content (AvgIpc) is 3.44. The van der Waals surface area contributed by atoms with E-state index >= 15 is 0 Å². The minimum Gasteiger partial charge on any atom is -0.335 e. The number of aromatic nitrogens is 6. The van der Waals surface area contributed by atoms with Crippen molar-refractivity contribution in [1.82, 2.24) is 38.5 Å². The average molecular weight is 525 g/mol. The molecular formula is C19H25BrN8O3S. The van der Waals surface area contributed by atoms with Gasteiger partial charge >= 0.3 is 0 Å². The second-order valence-electron chi connectivity index (χ2n) is 7.78. The summed E-state index contributed by atoms with van der Waals surface area (Å²) in [7, 11) is -1.94. The van der Waals surface area contributed by atoms with Gasteiger partial charge in [0.2, 0.25) is 10.0 Å². The summed E-state index contributed by atoms with van der Waals surface area (Å²) in [5, 5.41) is 12.9. The van der Waals surface area contributed by atoms with Gasteiger partial charge in [-0.1, -0.05) is 0 Å². The first-order valence-electron chi connectivity index (χ1n) is 10.1. The van der Waals surface area contributed by atoms with Gasteiger partial charge in [-0.3, -0.25) is 14.2 Å². The lowest BCUT2D eigenvalue weighted by Crippen LogP contribution is -2.50. The molecule has 0 bridgehead atoms. The molecule has 1 aliphatic rings. The number of nitrogens with zero attached hydrogens (tertiary/aromatic N) is 8. The van der Waals surface area contributed by atoms with Crippen molar-refractivity contribution in [3.63, 3.8) is 0 Å². The first kappa shape index (κ1) is 22.7. The zero-order valence-electron chi connectivity index (χ0n) is 18.4. The molecule has 1 fully saturated rings. The van der Waals surface area contributed by atoms with Gasteiger partial charge in [-0.05, 0) is 42.8 Å². The highest BCUT2D eigenvalue weighted by Crippen LogP contribution is 2.21. The summed E-state index contributed by atoms with van der Waals surface area (Å²) in [6.07, 6.45) is 3.11. The van der Waals surface area contributed by atoms with Crippen LogP contribution in [0.2, 0.25) is 0 Å². The first-order chi connectivity index (χ1) is 15.1. The SMILES string of the molecule is Cc1nn(Cn2ccc(C(=O)N3CCN(S(=O)(=O)c4cnn(C)c4C)CC3)n2)c(C)c1Br. The van der Waals surface area contributed by atoms with E-state index in [0.29, 0.717) is 31.1 Å². The molecule has 4 heterocycles. The van der Waals surface area contributed by atoms with Crippen molar-refractivity contribution in [1.29, 1.82) is 0 Å². The van der Waals surface area contributed by atoms with E-state index in [1.165, 1.54) is 15.2 Å². The molecule has 0 spiro atoms. The van der Waals surface area contributed by atoms with Gasteiger partial charge in [0.25, 0.3) is 5.91 Å². The summed E-state index contributed by atoms with van der Waals surface area (Å²) in [6.45, 7) is 7.04. The number of carbonyl (C=O) groups excluding carboxylic acids is 1. The van der Waals surface area contributed by atoms with E-state index in [2.05, 4.69) is 31.2 Å². The van der Waals surface area contributed by atoms with Crippen LogP contribution in [0, 0.1) is 20.8 Å². The Morgan fingerprint density at radius 3 is 2.34 bits per heavy atom. The van der Waals surface area contributed by atoms with Crippen molar-refractivity contribution < 1.29 is 13.2 Å². The molecule has 0 saturated carbocycles. The molecule has 1 amide bonds. The largest absolute Gasteiger partial charge is 0.335 e. The molecule has 0 atom stereocenters. The lowest BCUT2D eigenvalue weighted by Gasteiger charge is -2.33. The summed E-state index contributed by atoms with van der Waals surface area (Å²) in [4.78, 5) is 14.7. The second kappa shape index (κ2) is 8.45. The summed E-state index contributed by atoms with van der Waals surface area (Å²) in [5.41, 5.74) is 2.78. The molecule has 1 saturated heterocycles. The van der Waals surface area contributed by atoms with Crippen LogP contribution in [0.1, 0.15) is 27.6 Å². The Hall–Kier alpha value is -2.51. The zero-order chi connectivity index (χ0) is 23.2. The van der Waals surface area contributed by atoms with Crippen molar-refractivity contribution in [3.8, 4) is 0 Å². The van der Waals surface area contributed by atoms with E-state index in [4.69, 9.17) is 0 Å². The molecular weight excluding hydrogens is 500 g/mol. The van der Waals surface area contributed by atoms with Gasteiger partial charge in [-0.25, -0.2) is 13.1 Å². The fourth-order valence-electron chi connectivity index (χ4n) is 3.67. The molecule has 3 aromatic rings. The van der Waals surface area contributed by atoms with Crippen LogP contribution in [0.15, 0.2) is 27.8 Å². The highest BCUT2D eigenvalue weighted by Gasteiger charge is 2.33. The third-order valence-electron chi connectivity index (χ3n) is 5.77. The fourth-order valence-corrected chi connectivity index (χ4v) is 5.56. The number of aryl methyl sites for hydroxylation is 2. The Balaban J connectivity index is 1.41. The molecule has 32 heavy (non-hydrogen) atoms. The van der Waals surface area contributed by atoms with Crippen molar-refractivity contribution in [2.75, 3.05) is 26.2 Å². The summed E-state index contributed by atoms with van der Waals surface area (Å²) >= 11 is 3.51. The predicted octanol–water partition coefficient (Wildman–Crippen LogP) is 1.15. The Morgan fingerprint density at radius 1 is 1.09 bits per heavy atom. The number of hydrogen-bond donors (Lipinski definition) is 0. The fraction of sp³-hybridized carbons (Fsp3) is 0.474.